The third-order valence-corrected chi connectivity index (χ3v) is 4.88. The number of aryl methyl sites for hydroxylation is 1. The summed E-state index contributed by atoms with van der Waals surface area (Å²) in [6.45, 7) is 2.73. The van der Waals surface area contributed by atoms with Crippen LogP contribution in [0.3, 0.4) is 0 Å². The zero-order valence-corrected chi connectivity index (χ0v) is 18.3. The number of hydrogen-bond donors (Lipinski definition) is 2. The van der Waals surface area contributed by atoms with Crippen molar-refractivity contribution in [1.82, 2.24) is 14.8 Å². The molecule has 30 heavy (non-hydrogen) atoms. The van der Waals surface area contributed by atoms with Crippen LogP contribution in [0.2, 0.25) is 0 Å². The fourth-order valence-corrected chi connectivity index (χ4v) is 2.74. The number of anilines is 1. The molecule has 0 bridgehead atoms. The van der Waals surface area contributed by atoms with Crippen molar-refractivity contribution in [2.75, 3.05) is 32.6 Å². The number of rotatable bonds is 10. The summed E-state index contributed by atoms with van der Waals surface area (Å²) in [4.78, 5) is 20.6. The van der Waals surface area contributed by atoms with E-state index in [-0.39, 0.29) is 23.2 Å². The summed E-state index contributed by atoms with van der Waals surface area (Å²) in [5, 5.41) is 7.42. The van der Waals surface area contributed by atoms with Crippen LogP contribution in [0.15, 0.2) is 46.0 Å². The Bertz CT molecular complexity index is 956. The molecule has 0 unspecified atom stereocenters. The summed E-state index contributed by atoms with van der Waals surface area (Å²) in [6.07, 6.45) is 3.77. The third kappa shape index (κ3) is 6.21. The summed E-state index contributed by atoms with van der Waals surface area (Å²) < 4.78 is 12.1. The summed E-state index contributed by atoms with van der Waals surface area (Å²) >= 11 is 5.99. The number of aromatic nitrogens is 3. The smallest absolute Gasteiger partial charge is 0.290 e. The number of hydrogen-bond acceptors (Lipinski definition) is 8. The molecule has 0 amide bonds. The first kappa shape index (κ1) is 23.2. The Labute approximate surface area is 180 Å². The molecule has 0 saturated heterocycles. The molecule has 0 fully saturated rings. The second-order valence-corrected chi connectivity index (χ2v) is 6.90. The topological polar surface area (TPSA) is 117 Å². The standard InChI is InChI=1S/C20H27ClN6O3/c1-13(16-6-5-15(29-4)12-25-16)7-8-30-18-9-17(20(28)27(3)26-18)24-11-14(10-22)19(21)23-2/h5-6,9-10,12-13,24H,7-8,11,22H2,1-4H3/t13-/m1/s1. The average Bonchev–Trinajstić information content (AvgIpc) is 2.76. The maximum Gasteiger partial charge on any atom is 0.290 e. The van der Waals surface area contributed by atoms with Crippen LogP contribution in [0.4, 0.5) is 5.69 Å². The van der Waals surface area contributed by atoms with Gasteiger partial charge in [0.15, 0.2) is 0 Å². The highest BCUT2D eigenvalue weighted by molar-refractivity contribution is 6.69. The Balaban J connectivity index is 2.00. The highest BCUT2D eigenvalue weighted by Crippen LogP contribution is 2.20. The first-order valence-electron chi connectivity index (χ1n) is 9.38. The van der Waals surface area contributed by atoms with Crippen molar-refractivity contribution < 1.29 is 9.47 Å². The third-order valence-electron chi connectivity index (χ3n) is 4.47. The number of methoxy groups -OCH3 is 1. The van der Waals surface area contributed by atoms with Crippen LogP contribution in [0.1, 0.15) is 25.0 Å². The number of aliphatic imine (C=N–C) groups is 1. The van der Waals surface area contributed by atoms with Crippen LogP contribution in [0, 0.1) is 0 Å². The number of ether oxygens (including phenoxy) is 2. The largest absolute Gasteiger partial charge is 0.495 e. The van der Waals surface area contributed by atoms with Gasteiger partial charge in [0.05, 0.1) is 19.9 Å². The van der Waals surface area contributed by atoms with Crippen LogP contribution in [0.5, 0.6) is 11.6 Å². The van der Waals surface area contributed by atoms with Crippen molar-refractivity contribution in [2.45, 2.75) is 19.3 Å². The maximum absolute atomic E-state index is 12.3. The minimum atomic E-state index is -0.293. The molecule has 1 atom stereocenters. The Hall–Kier alpha value is -3.07. The molecule has 10 heteroatoms. The van der Waals surface area contributed by atoms with Gasteiger partial charge in [0, 0.05) is 50.1 Å². The zero-order chi connectivity index (χ0) is 22.1. The number of nitrogens with one attached hydrogen (secondary N) is 1. The highest BCUT2D eigenvalue weighted by atomic mass is 35.5. The van der Waals surface area contributed by atoms with Gasteiger partial charge in [0.2, 0.25) is 5.88 Å². The number of nitrogens with zero attached hydrogens (tertiary/aromatic N) is 4. The van der Waals surface area contributed by atoms with Gasteiger partial charge in [0.1, 0.15) is 16.6 Å². The Morgan fingerprint density at radius 2 is 2.23 bits per heavy atom. The number of halogens is 1. The minimum Gasteiger partial charge on any atom is -0.495 e. The van der Waals surface area contributed by atoms with E-state index < -0.39 is 0 Å². The van der Waals surface area contributed by atoms with Crippen LogP contribution in [0.25, 0.3) is 0 Å². The lowest BCUT2D eigenvalue weighted by Crippen LogP contribution is -2.25. The van der Waals surface area contributed by atoms with E-state index in [1.165, 1.54) is 10.9 Å². The van der Waals surface area contributed by atoms with Gasteiger partial charge < -0.3 is 20.5 Å². The lowest BCUT2D eigenvalue weighted by molar-refractivity contribution is 0.281. The van der Waals surface area contributed by atoms with E-state index in [9.17, 15) is 4.79 Å². The molecule has 0 radical (unpaired) electrons. The second kappa shape index (κ2) is 11.2. The van der Waals surface area contributed by atoms with Crippen molar-refractivity contribution in [3.05, 3.63) is 52.2 Å². The summed E-state index contributed by atoms with van der Waals surface area (Å²) in [6, 6.07) is 5.37. The fraction of sp³-hybridized carbons (Fsp3) is 0.400. The predicted molar refractivity (Wildman–Crippen MR) is 119 cm³/mol. The Morgan fingerprint density at radius 3 is 2.83 bits per heavy atom. The molecule has 2 rings (SSSR count). The van der Waals surface area contributed by atoms with E-state index in [0.717, 1.165) is 17.9 Å². The van der Waals surface area contributed by atoms with Gasteiger partial charge in [-0.05, 0) is 18.6 Å². The van der Waals surface area contributed by atoms with Crippen LogP contribution >= 0.6 is 11.6 Å². The molecule has 2 aromatic heterocycles. The van der Waals surface area contributed by atoms with Gasteiger partial charge in [-0.3, -0.25) is 14.8 Å². The molecular formula is C20H27ClN6O3. The van der Waals surface area contributed by atoms with E-state index in [2.05, 4.69) is 27.3 Å². The fourth-order valence-electron chi connectivity index (χ4n) is 2.61. The first-order valence-corrected chi connectivity index (χ1v) is 9.75. The van der Waals surface area contributed by atoms with Gasteiger partial charge in [-0.2, -0.15) is 0 Å². The van der Waals surface area contributed by atoms with E-state index >= 15 is 0 Å². The second-order valence-electron chi connectivity index (χ2n) is 6.55. The Kier molecular flexibility index (Phi) is 8.67. The average molecular weight is 435 g/mol. The van der Waals surface area contributed by atoms with Crippen molar-refractivity contribution in [3.63, 3.8) is 0 Å². The predicted octanol–water partition coefficient (Wildman–Crippen LogP) is 2.28. The normalized spacial score (nSPS) is 13.1. The Morgan fingerprint density at radius 1 is 1.47 bits per heavy atom. The van der Waals surface area contributed by atoms with E-state index in [1.54, 1.807) is 33.5 Å². The van der Waals surface area contributed by atoms with E-state index in [1.807, 2.05) is 12.1 Å². The van der Waals surface area contributed by atoms with E-state index in [0.29, 0.717) is 23.7 Å². The monoisotopic (exact) mass is 434 g/mol. The highest BCUT2D eigenvalue weighted by Gasteiger charge is 2.11. The van der Waals surface area contributed by atoms with Gasteiger partial charge in [-0.15, -0.1) is 5.10 Å². The van der Waals surface area contributed by atoms with Crippen molar-refractivity contribution in [1.29, 1.82) is 0 Å². The van der Waals surface area contributed by atoms with Crippen LogP contribution in [-0.2, 0) is 7.05 Å². The van der Waals surface area contributed by atoms with Crippen molar-refractivity contribution in [3.8, 4) is 11.6 Å². The number of pyridine rings is 1. The van der Waals surface area contributed by atoms with Crippen molar-refractivity contribution in [2.24, 2.45) is 17.8 Å². The lowest BCUT2D eigenvalue weighted by atomic mass is 10.0. The SMILES string of the molecule is CN=C(Cl)C(=CN)CNc1cc(OCC[C@@H](C)c2ccc(OC)cn2)nn(C)c1=O. The molecule has 162 valence electrons. The van der Waals surface area contributed by atoms with Gasteiger partial charge >= 0.3 is 0 Å². The van der Waals surface area contributed by atoms with Gasteiger partial charge in [-0.25, -0.2) is 4.68 Å². The molecular weight excluding hydrogens is 408 g/mol. The first-order chi connectivity index (χ1) is 14.4. The molecule has 2 heterocycles. The minimum absolute atomic E-state index is 0.189. The summed E-state index contributed by atoms with van der Waals surface area (Å²) in [5.41, 5.74) is 7.12. The molecule has 3 N–H and O–H groups in total. The van der Waals surface area contributed by atoms with Crippen LogP contribution < -0.4 is 26.1 Å². The quantitative estimate of drug-likeness (QED) is 0.551. The molecule has 0 aliphatic rings. The maximum atomic E-state index is 12.3. The molecule has 0 aliphatic carbocycles. The zero-order valence-electron chi connectivity index (χ0n) is 17.6. The number of nitrogens with two attached hydrogens (primary N) is 1. The molecule has 9 nitrogen and oxygen atoms in total. The summed E-state index contributed by atoms with van der Waals surface area (Å²) in [7, 11) is 4.73. The summed E-state index contributed by atoms with van der Waals surface area (Å²) in [5.74, 6) is 1.24. The van der Waals surface area contributed by atoms with Gasteiger partial charge in [-0.1, -0.05) is 18.5 Å². The molecule has 2 aromatic rings. The van der Waals surface area contributed by atoms with Gasteiger partial charge in [0.25, 0.3) is 5.56 Å². The van der Waals surface area contributed by atoms with Crippen LogP contribution in [-0.4, -0.2) is 47.2 Å². The molecule has 0 aliphatic heterocycles. The molecule has 0 spiro atoms. The van der Waals surface area contributed by atoms with Crippen molar-refractivity contribution >= 4 is 22.5 Å². The molecule has 0 aromatic carbocycles. The molecule has 0 saturated carbocycles. The lowest BCUT2D eigenvalue weighted by Gasteiger charge is -2.14. The van der Waals surface area contributed by atoms with E-state index in [4.69, 9.17) is 26.8 Å².